The van der Waals surface area contributed by atoms with Crippen LogP contribution in [0.5, 0.6) is 0 Å². The maximum Gasteiger partial charge on any atom is 0.365 e. The summed E-state index contributed by atoms with van der Waals surface area (Å²) in [7, 11) is 3.48. The van der Waals surface area contributed by atoms with Crippen molar-refractivity contribution >= 4 is 51.1 Å². The average molecular weight is 590 g/mol. The number of fused-ring (bicyclic) bond motifs is 1. The molecule has 4 rings (SSSR count). The fourth-order valence-corrected chi connectivity index (χ4v) is 6.94. The Hall–Kier alpha value is -2.97. The second kappa shape index (κ2) is 11.3. The van der Waals surface area contributed by atoms with E-state index in [0.717, 1.165) is 50.8 Å². The van der Waals surface area contributed by atoms with Crippen molar-refractivity contribution in [2.45, 2.75) is 28.3 Å². The van der Waals surface area contributed by atoms with Gasteiger partial charge in [0.05, 0.1) is 43.3 Å². The fourth-order valence-electron chi connectivity index (χ4n) is 4.17. The Balaban J connectivity index is 1.72. The van der Waals surface area contributed by atoms with Crippen LogP contribution in [0.3, 0.4) is 0 Å². The summed E-state index contributed by atoms with van der Waals surface area (Å²) >= 11 is 2.97. The van der Waals surface area contributed by atoms with Crippen molar-refractivity contribution in [3.8, 4) is 5.69 Å². The van der Waals surface area contributed by atoms with Gasteiger partial charge in [-0.2, -0.15) is 13.0 Å². The van der Waals surface area contributed by atoms with E-state index >= 15 is 0 Å². The molecule has 0 amide bonds. The number of quaternary nitrogens is 1. The molecule has 0 atom stereocenters. The van der Waals surface area contributed by atoms with Crippen LogP contribution in [0.1, 0.15) is 17.8 Å². The first-order valence-electron chi connectivity index (χ1n) is 12.1. The third-order valence-corrected chi connectivity index (χ3v) is 9.09. The van der Waals surface area contributed by atoms with Crippen LogP contribution in [-0.4, -0.2) is 67.8 Å². The maximum absolute atomic E-state index is 11.8. The predicted octanol–water partition coefficient (Wildman–Crippen LogP) is 4.55. The van der Waals surface area contributed by atoms with Gasteiger partial charge in [0.2, 0.25) is 0 Å². The molecular formula is C26H31N5O5S3+2. The highest BCUT2D eigenvalue weighted by molar-refractivity contribution is 8.04. The number of thioether (sulfide) groups is 2. The van der Waals surface area contributed by atoms with Gasteiger partial charge in [-0.15, -0.1) is 0 Å². The monoisotopic (exact) mass is 589 g/mol. The number of hydrogen-bond donors (Lipinski definition) is 1. The Labute approximate surface area is 236 Å². The molecule has 0 saturated heterocycles. The predicted molar refractivity (Wildman–Crippen MR) is 154 cm³/mol. The molecule has 0 aliphatic carbocycles. The van der Waals surface area contributed by atoms with Gasteiger partial charge in [-0.05, 0) is 41.9 Å². The zero-order valence-electron chi connectivity index (χ0n) is 22.4. The van der Waals surface area contributed by atoms with Gasteiger partial charge in [0, 0.05) is 42.3 Å². The first-order valence-corrected chi connectivity index (χ1v) is 15.3. The summed E-state index contributed by atoms with van der Waals surface area (Å²) in [5, 5.41) is 13.1. The number of aryl methyl sites for hydroxylation is 1. The van der Waals surface area contributed by atoms with Crippen molar-refractivity contribution in [3.05, 3.63) is 75.1 Å². The van der Waals surface area contributed by atoms with E-state index in [9.17, 15) is 23.1 Å². The molecule has 39 heavy (non-hydrogen) atoms. The zero-order valence-corrected chi connectivity index (χ0v) is 24.8. The molecule has 0 saturated carbocycles. The van der Waals surface area contributed by atoms with E-state index in [2.05, 4.69) is 25.7 Å². The third-order valence-electron chi connectivity index (χ3n) is 6.04. The lowest BCUT2D eigenvalue weighted by molar-refractivity contribution is -0.870. The average Bonchev–Trinajstić information content (AvgIpc) is 3.14. The third kappa shape index (κ3) is 6.79. The Bertz CT molecular complexity index is 1550. The maximum atomic E-state index is 11.8. The molecule has 1 aliphatic heterocycles. The standard InChI is InChI=1S/C26H30N5O5S3/c1-18-14-19(27-26(37-13-9-12-31(3,4)5)29(18)20-10-7-6-8-11-20)15-25-28(2)21-17-24(39(34,35)36)22(30(32)33)16-23(21)38-25/h6-8,10-11,14-17H,9,12-13H2,1-5H3/q+1/p+1. The van der Waals surface area contributed by atoms with E-state index in [0.29, 0.717) is 16.3 Å². The molecule has 0 spiro atoms. The van der Waals surface area contributed by atoms with Crippen LogP contribution in [0.4, 0.5) is 11.4 Å². The molecule has 0 bridgehead atoms. The quantitative estimate of drug-likeness (QED) is 0.0561. The first-order chi connectivity index (χ1) is 18.2. The summed E-state index contributed by atoms with van der Waals surface area (Å²) in [4.78, 5) is 17.2. The van der Waals surface area contributed by atoms with Crippen LogP contribution in [0, 0.1) is 17.0 Å². The van der Waals surface area contributed by atoms with Gasteiger partial charge in [0.15, 0.2) is 10.6 Å². The molecule has 1 N–H and O–H groups in total. The molecule has 2 aromatic carbocycles. The number of nitro groups is 1. The van der Waals surface area contributed by atoms with Gasteiger partial charge in [0.25, 0.3) is 5.69 Å². The minimum absolute atomic E-state index is 0.450. The van der Waals surface area contributed by atoms with Crippen LogP contribution in [0.15, 0.2) is 68.5 Å². The Kier molecular flexibility index (Phi) is 8.38. The molecule has 1 aliphatic rings. The fraction of sp³-hybridized carbons (Fsp3) is 0.308. The van der Waals surface area contributed by atoms with Gasteiger partial charge >= 0.3 is 15.3 Å². The molecule has 3 aromatic rings. The number of benzene rings is 2. The van der Waals surface area contributed by atoms with E-state index in [1.165, 1.54) is 17.8 Å². The molecule has 0 unspecified atom stereocenters. The second-order valence-corrected chi connectivity index (χ2v) is 13.7. The SMILES string of the molecule is Cc1cc(/C=C2\Sc3cc([N+](=O)[O-])c(S(=O)(=O)O)cc3N2C)nc(SCCC[N+](C)(C)C)[n+]1-c1ccccc1. The van der Waals surface area contributed by atoms with Crippen LogP contribution in [0.25, 0.3) is 11.8 Å². The zero-order chi connectivity index (χ0) is 28.5. The Morgan fingerprint density at radius 2 is 1.90 bits per heavy atom. The van der Waals surface area contributed by atoms with E-state index in [1.54, 1.807) is 23.7 Å². The van der Waals surface area contributed by atoms with Crippen molar-refractivity contribution < 1.29 is 26.9 Å². The van der Waals surface area contributed by atoms with Crippen molar-refractivity contribution in [2.24, 2.45) is 0 Å². The van der Waals surface area contributed by atoms with Crippen molar-refractivity contribution in [3.63, 3.8) is 0 Å². The lowest BCUT2D eigenvalue weighted by atomic mass is 10.2. The molecule has 206 valence electrons. The van der Waals surface area contributed by atoms with Crippen LogP contribution in [-0.2, 0) is 10.1 Å². The summed E-state index contributed by atoms with van der Waals surface area (Å²) in [5.74, 6) is 0.900. The largest absolute Gasteiger partial charge is 0.365 e. The van der Waals surface area contributed by atoms with Crippen molar-refractivity contribution in [1.29, 1.82) is 0 Å². The van der Waals surface area contributed by atoms with Gasteiger partial charge in [-0.25, -0.2) is 0 Å². The Morgan fingerprint density at radius 3 is 2.51 bits per heavy atom. The summed E-state index contributed by atoms with van der Waals surface area (Å²) < 4.78 is 36.2. The molecule has 0 radical (unpaired) electrons. The molecular weight excluding hydrogens is 559 g/mol. The van der Waals surface area contributed by atoms with E-state index in [1.807, 2.05) is 49.4 Å². The van der Waals surface area contributed by atoms with Crippen molar-refractivity contribution in [2.75, 3.05) is 45.4 Å². The summed E-state index contributed by atoms with van der Waals surface area (Å²) in [6.07, 6.45) is 2.90. The van der Waals surface area contributed by atoms with Crippen LogP contribution < -0.4 is 9.47 Å². The normalized spacial score (nSPS) is 14.6. The van der Waals surface area contributed by atoms with Crippen molar-refractivity contribution in [1.82, 2.24) is 4.98 Å². The summed E-state index contributed by atoms with van der Waals surface area (Å²) in [5.41, 5.74) is 2.50. The number of anilines is 1. The van der Waals surface area contributed by atoms with Gasteiger partial charge in [-0.1, -0.05) is 30.0 Å². The smallest absolute Gasteiger partial charge is 0.338 e. The number of para-hydroxylation sites is 1. The number of rotatable bonds is 9. The van der Waals surface area contributed by atoms with E-state index in [4.69, 9.17) is 4.98 Å². The van der Waals surface area contributed by atoms with Crippen LogP contribution in [0.2, 0.25) is 0 Å². The number of aromatic nitrogens is 2. The van der Waals surface area contributed by atoms with Gasteiger partial charge in [-0.3, -0.25) is 14.7 Å². The van der Waals surface area contributed by atoms with E-state index < -0.39 is 25.6 Å². The number of nitro benzene ring substituents is 1. The number of hydrogen-bond acceptors (Lipinski definition) is 8. The number of nitrogens with zero attached hydrogens (tertiary/aromatic N) is 5. The molecule has 10 nitrogen and oxygen atoms in total. The molecule has 0 fully saturated rings. The first kappa shape index (κ1) is 29.0. The minimum atomic E-state index is -4.78. The summed E-state index contributed by atoms with van der Waals surface area (Å²) in [6, 6.07) is 14.3. The highest BCUT2D eigenvalue weighted by Crippen LogP contribution is 2.48. The minimum Gasteiger partial charge on any atom is -0.338 e. The lowest BCUT2D eigenvalue weighted by Crippen LogP contribution is -2.38. The van der Waals surface area contributed by atoms with E-state index in [-0.39, 0.29) is 0 Å². The van der Waals surface area contributed by atoms with Gasteiger partial charge < -0.3 is 9.38 Å². The second-order valence-electron chi connectivity index (χ2n) is 10.2. The highest BCUT2D eigenvalue weighted by atomic mass is 32.2. The molecule has 13 heteroatoms. The summed E-state index contributed by atoms with van der Waals surface area (Å²) in [6.45, 7) is 3.06. The molecule has 2 heterocycles. The highest BCUT2D eigenvalue weighted by Gasteiger charge is 2.32. The Morgan fingerprint density at radius 1 is 1.21 bits per heavy atom. The molecule has 1 aromatic heterocycles. The van der Waals surface area contributed by atoms with Gasteiger partial charge in [0.1, 0.15) is 11.4 Å². The topological polar surface area (TPSA) is 118 Å². The lowest BCUT2D eigenvalue weighted by Gasteiger charge is -2.23. The van der Waals surface area contributed by atoms with Crippen LogP contribution >= 0.6 is 23.5 Å².